The average Bonchev–Trinajstić information content (AvgIpc) is 2.39. The third-order valence-corrected chi connectivity index (χ3v) is 3.82. The Kier molecular flexibility index (Phi) is 7.48. The highest BCUT2D eigenvalue weighted by molar-refractivity contribution is 5.78. The lowest BCUT2D eigenvalue weighted by Gasteiger charge is -2.30. The fraction of sp³-hybridized carbons (Fsp3) is 0.857. The van der Waals surface area contributed by atoms with Gasteiger partial charge in [-0.3, -0.25) is 9.59 Å². The van der Waals surface area contributed by atoms with Gasteiger partial charge in [0.25, 0.3) is 0 Å². The van der Waals surface area contributed by atoms with Gasteiger partial charge >= 0.3 is 0 Å². The summed E-state index contributed by atoms with van der Waals surface area (Å²) in [6, 6.07) is -0.0696. The highest BCUT2D eigenvalue weighted by Crippen LogP contribution is 2.27. The molecule has 1 unspecified atom stereocenters. The van der Waals surface area contributed by atoms with Crippen LogP contribution in [-0.4, -0.2) is 31.4 Å². The van der Waals surface area contributed by atoms with Gasteiger partial charge in [-0.1, -0.05) is 19.3 Å². The predicted molar refractivity (Wildman–Crippen MR) is 75.5 cm³/mol. The summed E-state index contributed by atoms with van der Waals surface area (Å²) in [5.41, 5.74) is 5.30. The topological polar surface area (TPSA) is 84.2 Å². The van der Waals surface area contributed by atoms with Gasteiger partial charge in [0, 0.05) is 18.9 Å². The molecule has 1 aliphatic carbocycles. The number of amides is 2. The first-order chi connectivity index (χ1) is 9.13. The molecule has 0 saturated heterocycles. The van der Waals surface area contributed by atoms with Gasteiger partial charge in [-0.15, -0.1) is 0 Å². The van der Waals surface area contributed by atoms with E-state index in [1.165, 1.54) is 19.3 Å². The summed E-state index contributed by atoms with van der Waals surface area (Å²) in [5.74, 6) is 0.118. The number of carbonyl (C=O) groups is 2. The predicted octanol–water partition coefficient (Wildman–Crippen LogP) is 0.926. The summed E-state index contributed by atoms with van der Waals surface area (Å²) < 4.78 is 0. The second kappa shape index (κ2) is 8.91. The molecule has 0 radical (unpaired) electrons. The van der Waals surface area contributed by atoms with Crippen molar-refractivity contribution < 1.29 is 9.59 Å². The molecule has 2 amide bonds. The number of hydrogen-bond acceptors (Lipinski definition) is 3. The molecule has 0 aromatic rings. The van der Waals surface area contributed by atoms with Crippen LogP contribution in [0.25, 0.3) is 0 Å². The number of primary amides is 1. The summed E-state index contributed by atoms with van der Waals surface area (Å²) in [7, 11) is 1.87. The molecule has 4 N–H and O–H groups in total. The van der Waals surface area contributed by atoms with E-state index in [1.807, 2.05) is 7.05 Å². The lowest BCUT2D eigenvalue weighted by Crippen LogP contribution is -2.43. The third kappa shape index (κ3) is 6.57. The van der Waals surface area contributed by atoms with Crippen LogP contribution < -0.4 is 16.4 Å². The van der Waals surface area contributed by atoms with E-state index in [2.05, 4.69) is 10.6 Å². The summed E-state index contributed by atoms with van der Waals surface area (Å²) >= 11 is 0. The van der Waals surface area contributed by atoms with Gasteiger partial charge in [0.1, 0.15) is 0 Å². The van der Waals surface area contributed by atoms with E-state index in [0.717, 1.165) is 25.8 Å². The zero-order valence-electron chi connectivity index (χ0n) is 11.9. The van der Waals surface area contributed by atoms with E-state index >= 15 is 0 Å². The molecule has 0 heterocycles. The van der Waals surface area contributed by atoms with Crippen LogP contribution in [0.5, 0.6) is 0 Å². The monoisotopic (exact) mass is 269 g/mol. The molecule has 19 heavy (non-hydrogen) atoms. The lowest BCUT2D eigenvalue weighted by molar-refractivity contribution is -0.123. The lowest BCUT2D eigenvalue weighted by atomic mass is 9.82. The third-order valence-electron chi connectivity index (χ3n) is 3.82. The minimum Gasteiger partial charge on any atom is -0.370 e. The molecule has 0 aromatic heterocycles. The number of nitrogens with two attached hydrogens (primary N) is 1. The Morgan fingerprint density at radius 1 is 1.26 bits per heavy atom. The first-order valence-electron chi connectivity index (χ1n) is 7.35. The van der Waals surface area contributed by atoms with Crippen LogP contribution >= 0.6 is 0 Å². The molecule has 0 spiro atoms. The van der Waals surface area contributed by atoms with Crippen LogP contribution in [0.1, 0.15) is 51.4 Å². The number of rotatable bonds is 8. The Labute approximate surface area is 115 Å². The van der Waals surface area contributed by atoms with E-state index in [9.17, 15) is 9.59 Å². The average molecular weight is 269 g/mol. The van der Waals surface area contributed by atoms with Gasteiger partial charge in [0.05, 0.1) is 0 Å². The van der Waals surface area contributed by atoms with Gasteiger partial charge in [0.2, 0.25) is 11.8 Å². The number of carbonyl (C=O) groups excluding carboxylic acids is 2. The SMILES string of the molecule is CNCCCC(=O)NC(CC(N)=O)C1CCCCC1. The van der Waals surface area contributed by atoms with E-state index in [1.54, 1.807) is 0 Å². The van der Waals surface area contributed by atoms with E-state index in [-0.39, 0.29) is 24.3 Å². The standard InChI is InChI=1S/C14H27N3O2/c1-16-9-5-8-14(19)17-12(10-13(15)18)11-6-3-2-4-7-11/h11-12,16H,2-10H2,1H3,(H2,15,18)(H,17,19). The fourth-order valence-electron chi connectivity index (χ4n) is 2.79. The van der Waals surface area contributed by atoms with Crippen molar-refractivity contribution in [3.05, 3.63) is 0 Å². The van der Waals surface area contributed by atoms with Crippen LogP contribution in [0.3, 0.4) is 0 Å². The van der Waals surface area contributed by atoms with Crippen LogP contribution in [0.2, 0.25) is 0 Å². The fourth-order valence-corrected chi connectivity index (χ4v) is 2.79. The normalized spacial score (nSPS) is 17.9. The summed E-state index contributed by atoms with van der Waals surface area (Å²) in [6.45, 7) is 0.831. The maximum absolute atomic E-state index is 11.9. The summed E-state index contributed by atoms with van der Waals surface area (Å²) in [6.07, 6.45) is 7.41. The van der Waals surface area contributed by atoms with Crippen molar-refractivity contribution in [2.24, 2.45) is 11.7 Å². The van der Waals surface area contributed by atoms with Gasteiger partial charge in [-0.2, -0.15) is 0 Å². The van der Waals surface area contributed by atoms with Gasteiger partial charge in [0.15, 0.2) is 0 Å². The minimum absolute atomic E-state index is 0.0343. The largest absolute Gasteiger partial charge is 0.370 e. The number of hydrogen-bond donors (Lipinski definition) is 3. The highest BCUT2D eigenvalue weighted by atomic mass is 16.2. The van der Waals surface area contributed by atoms with E-state index < -0.39 is 0 Å². The zero-order chi connectivity index (χ0) is 14.1. The maximum Gasteiger partial charge on any atom is 0.220 e. The van der Waals surface area contributed by atoms with Crippen molar-refractivity contribution >= 4 is 11.8 Å². The second-order valence-electron chi connectivity index (χ2n) is 5.45. The first-order valence-corrected chi connectivity index (χ1v) is 7.35. The van der Waals surface area contributed by atoms with Crippen molar-refractivity contribution in [3.8, 4) is 0 Å². The molecule has 0 bridgehead atoms. The molecule has 0 aromatic carbocycles. The van der Waals surface area contributed by atoms with Crippen molar-refractivity contribution in [1.29, 1.82) is 0 Å². The van der Waals surface area contributed by atoms with Crippen molar-refractivity contribution in [2.75, 3.05) is 13.6 Å². The molecular weight excluding hydrogens is 242 g/mol. The zero-order valence-corrected chi connectivity index (χ0v) is 11.9. The number of nitrogens with one attached hydrogen (secondary N) is 2. The molecule has 1 rings (SSSR count). The molecule has 1 atom stereocenters. The molecule has 5 nitrogen and oxygen atoms in total. The summed E-state index contributed by atoms with van der Waals surface area (Å²) in [5, 5.41) is 6.03. The van der Waals surface area contributed by atoms with Gasteiger partial charge in [-0.05, 0) is 38.8 Å². The van der Waals surface area contributed by atoms with Crippen molar-refractivity contribution in [3.63, 3.8) is 0 Å². The Hall–Kier alpha value is -1.10. The molecule has 0 aliphatic heterocycles. The maximum atomic E-state index is 11.9. The van der Waals surface area contributed by atoms with Gasteiger partial charge in [-0.25, -0.2) is 0 Å². The highest BCUT2D eigenvalue weighted by Gasteiger charge is 2.26. The quantitative estimate of drug-likeness (QED) is 0.573. The van der Waals surface area contributed by atoms with Gasteiger partial charge < -0.3 is 16.4 Å². The van der Waals surface area contributed by atoms with E-state index in [4.69, 9.17) is 5.73 Å². The Morgan fingerprint density at radius 2 is 1.95 bits per heavy atom. The molecule has 1 saturated carbocycles. The second-order valence-corrected chi connectivity index (χ2v) is 5.45. The first kappa shape index (κ1) is 16.0. The van der Waals surface area contributed by atoms with Crippen molar-refractivity contribution in [1.82, 2.24) is 10.6 Å². The molecule has 1 aliphatic rings. The Bertz CT molecular complexity index is 288. The minimum atomic E-state index is -0.328. The van der Waals surface area contributed by atoms with Crippen LogP contribution in [0, 0.1) is 5.92 Å². The van der Waals surface area contributed by atoms with Crippen molar-refractivity contribution in [2.45, 2.75) is 57.4 Å². The Balaban J connectivity index is 2.43. The molecule has 5 heteroatoms. The molecular formula is C14H27N3O2. The molecule has 1 fully saturated rings. The van der Waals surface area contributed by atoms with Crippen LogP contribution in [0.15, 0.2) is 0 Å². The van der Waals surface area contributed by atoms with Crippen LogP contribution in [0.4, 0.5) is 0 Å². The van der Waals surface area contributed by atoms with Crippen LogP contribution in [-0.2, 0) is 9.59 Å². The van der Waals surface area contributed by atoms with E-state index in [0.29, 0.717) is 12.3 Å². The summed E-state index contributed by atoms with van der Waals surface area (Å²) in [4.78, 5) is 23.0. The molecule has 110 valence electrons. The Morgan fingerprint density at radius 3 is 2.53 bits per heavy atom. The smallest absolute Gasteiger partial charge is 0.220 e.